The maximum atomic E-state index is 5.93. The molecule has 0 saturated heterocycles. The highest BCUT2D eigenvalue weighted by molar-refractivity contribution is 5.93. The number of pyridine rings is 1. The Kier molecular flexibility index (Phi) is 2.56. The summed E-state index contributed by atoms with van der Waals surface area (Å²) in [7, 11) is 0. The molecule has 0 spiro atoms. The van der Waals surface area contributed by atoms with Gasteiger partial charge in [-0.3, -0.25) is 4.98 Å². The van der Waals surface area contributed by atoms with Crippen LogP contribution in [0.4, 0.5) is 11.4 Å². The smallest absolute Gasteiger partial charge is 0.0727 e. The summed E-state index contributed by atoms with van der Waals surface area (Å²) < 4.78 is 0. The van der Waals surface area contributed by atoms with E-state index < -0.39 is 0 Å². The topological polar surface area (TPSA) is 50.9 Å². The van der Waals surface area contributed by atoms with E-state index in [4.69, 9.17) is 5.73 Å². The highest BCUT2D eigenvalue weighted by Gasteiger charge is 2.64. The van der Waals surface area contributed by atoms with Gasteiger partial charge in [-0.05, 0) is 42.0 Å². The van der Waals surface area contributed by atoms with Crippen LogP contribution in [0.5, 0.6) is 0 Å². The summed E-state index contributed by atoms with van der Waals surface area (Å²) in [5.74, 6) is 0. The highest BCUT2D eigenvalue weighted by atomic mass is 15.0. The Morgan fingerprint density at radius 3 is 2.35 bits per heavy atom. The molecule has 106 valence electrons. The molecule has 0 bridgehead atoms. The van der Waals surface area contributed by atoms with Crippen molar-refractivity contribution in [2.24, 2.45) is 10.8 Å². The number of nitrogens with one attached hydrogen (secondary N) is 1. The summed E-state index contributed by atoms with van der Waals surface area (Å²) in [6, 6.07) is 8.50. The molecule has 0 aliphatic heterocycles. The molecular weight excluding hydrogens is 246 g/mol. The number of fused-ring (bicyclic) bond motifs is 1. The van der Waals surface area contributed by atoms with Gasteiger partial charge in [-0.2, -0.15) is 0 Å². The van der Waals surface area contributed by atoms with E-state index >= 15 is 0 Å². The van der Waals surface area contributed by atoms with Crippen LogP contribution in [-0.2, 0) is 0 Å². The first-order valence-corrected chi connectivity index (χ1v) is 7.17. The van der Waals surface area contributed by atoms with Crippen molar-refractivity contribution in [3.8, 4) is 0 Å². The van der Waals surface area contributed by atoms with Crippen molar-refractivity contribution in [2.45, 2.75) is 40.7 Å². The van der Waals surface area contributed by atoms with E-state index in [1.807, 2.05) is 25.1 Å². The number of aromatic nitrogens is 1. The molecule has 1 aliphatic rings. The van der Waals surface area contributed by atoms with Crippen molar-refractivity contribution < 1.29 is 0 Å². The van der Waals surface area contributed by atoms with E-state index in [2.05, 4.69) is 44.1 Å². The van der Waals surface area contributed by atoms with Gasteiger partial charge in [-0.15, -0.1) is 0 Å². The maximum absolute atomic E-state index is 5.93. The Morgan fingerprint density at radius 2 is 1.75 bits per heavy atom. The minimum absolute atomic E-state index is 0.302. The number of hydrogen-bond acceptors (Lipinski definition) is 3. The zero-order valence-corrected chi connectivity index (χ0v) is 12.9. The van der Waals surface area contributed by atoms with Crippen LogP contribution >= 0.6 is 0 Å². The lowest BCUT2D eigenvalue weighted by Crippen LogP contribution is -2.11. The van der Waals surface area contributed by atoms with Gasteiger partial charge >= 0.3 is 0 Å². The summed E-state index contributed by atoms with van der Waals surface area (Å²) in [5, 5.41) is 4.82. The number of nitrogen functional groups attached to an aromatic ring is 1. The third kappa shape index (κ3) is 1.76. The molecule has 3 N–H and O–H groups in total. The Morgan fingerprint density at radius 1 is 1.10 bits per heavy atom. The van der Waals surface area contributed by atoms with Gasteiger partial charge in [0.05, 0.1) is 5.52 Å². The van der Waals surface area contributed by atoms with Crippen LogP contribution in [0.3, 0.4) is 0 Å². The second-order valence-corrected chi connectivity index (χ2v) is 7.11. The largest absolute Gasteiger partial charge is 0.399 e. The minimum atomic E-state index is 0.302. The zero-order chi connectivity index (χ0) is 14.7. The average molecular weight is 269 g/mol. The van der Waals surface area contributed by atoms with Gasteiger partial charge in [0.2, 0.25) is 0 Å². The Hall–Kier alpha value is -1.77. The number of nitrogens with zero attached hydrogens (tertiary/aromatic N) is 1. The quantitative estimate of drug-likeness (QED) is 0.811. The maximum Gasteiger partial charge on any atom is 0.0727 e. The summed E-state index contributed by atoms with van der Waals surface area (Å²) in [6.07, 6.45) is 0. The molecule has 0 radical (unpaired) electrons. The molecule has 0 atom stereocenters. The summed E-state index contributed by atoms with van der Waals surface area (Å²) >= 11 is 0. The molecule has 2 aromatic rings. The van der Waals surface area contributed by atoms with Crippen LogP contribution in [-0.4, -0.2) is 11.0 Å². The zero-order valence-electron chi connectivity index (χ0n) is 12.9. The summed E-state index contributed by atoms with van der Waals surface area (Å²) in [6.45, 7) is 11.3. The van der Waals surface area contributed by atoms with Crippen LogP contribution < -0.4 is 11.1 Å². The lowest BCUT2D eigenvalue weighted by Gasteiger charge is -2.13. The van der Waals surface area contributed by atoms with Crippen molar-refractivity contribution in [2.75, 3.05) is 11.1 Å². The van der Waals surface area contributed by atoms with E-state index in [1.54, 1.807) is 0 Å². The summed E-state index contributed by atoms with van der Waals surface area (Å²) in [5.41, 5.74) is 10.5. The fourth-order valence-electron chi connectivity index (χ4n) is 3.21. The SMILES string of the molecule is Cc1cc(NC2C(C)(C)C2(C)C)c2cc(N)ccc2n1. The van der Waals surface area contributed by atoms with Crippen molar-refractivity contribution in [1.29, 1.82) is 0 Å². The molecule has 1 fully saturated rings. The molecule has 0 unspecified atom stereocenters. The standard InChI is InChI=1S/C17H23N3/c1-10-8-14(20-15-16(2,3)17(15,4)5)12-9-11(18)6-7-13(12)19-10/h6-9,15H,18H2,1-5H3,(H,19,20). The van der Waals surface area contributed by atoms with Crippen LogP contribution in [0, 0.1) is 17.8 Å². The third-order valence-electron chi connectivity index (χ3n) is 5.28. The predicted molar refractivity (Wildman–Crippen MR) is 85.9 cm³/mol. The molecule has 20 heavy (non-hydrogen) atoms. The average Bonchev–Trinajstić information content (AvgIpc) is 2.72. The Balaban J connectivity index is 2.06. The summed E-state index contributed by atoms with van der Waals surface area (Å²) in [4.78, 5) is 4.58. The van der Waals surface area contributed by atoms with Crippen molar-refractivity contribution in [3.63, 3.8) is 0 Å². The van der Waals surface area contributed by atoms with Crippen molar-refractivity contribution >= 4 is 22.3 Å². The number of anilines is 2. The highest BCUT2D eigenvalue weighted by Crippen LogP contribution is 2.63. The molecule has 3 rings (SSSR count). The molecule has 0 amide bonds. The molecule has 1 aromatic heterocycles. The predicted octanol–water partition coefficient (Wildman–Crippen LogP) is 3.97. The first kappa shape index (κ1) is 13.2. The molecule has 3 nitrogen and oxygen atoms in total. The molecule has 3 heteroatoms. The van der Waals surface area contributed by atoms with E-state index in [-0.39, 0.29) is 0 Å². The lowest BCUT2D eigenvalue weighted by atomic mass is 10.0. The number of aryl methyl sites for hydroxylation is 1. The van der Waals surface area contributed by atoms with Gasteiger partial charge < -0.3 is 11.1 Å². The van der Waals surface area contributed by atoms with Gasteiger partial charge in [0.25, 0.3) is 0 Å². The molecule has 1 aromatic carbocycles. The normalized spacial score (nSPS) is 20.1. The van der Waals surface area contributed by atoms with E-state index in [1.165, 1.54) is 0 Å². The van der Waals surface area contributed by atoms with Gasteiger partial charge in [0, 0.05) is 28.5 Å². The van der Waals surface area contributed by atoms with Crippen molar-refractivity contribution in [3.05, 3.63) is 30.0 Å². The molecular formula is C17H23N3. The second kappa shape index (κ2) is 3.87. The number of nitrogens with two attached hydrogens (primary N) is 1. The third-order valence-corrected chi connectivity index (χ3v) is 5.28. The molecule has 1 saturated carbocycles. The van der Waals surface area contributed by atoms with Gasteiger partial charge in [0.1, 0.15) is 0 Å². The van der Waals surface area contributed by atoms with Crippen LogP contribution in [0.15, 0.2) is 24.3 Å². The number of hydrogen-bond donors (Lipinski definition) is 2. The van der Waals surface area contributed by atoms with Crippen LogP contribution in [0.1, 0.15) is 33.4 Å². The fraction of sp³-hybridized carbons (Fsp3) is 0.471. The number of benzene rings is 1. The van der Waals surface area contributed by atoms with E-state index in [9.17, 15) is 0 Å². The Labute approximate surface area is 120 Å². The van der Waals surface area contributed by atoms with Gasteiger partial charge in [0.15, 0.2) is 0 Å². The molecule has 1 heterocycles. The van der Waals surface area contributed by atoms with Crippen LogP contribution in [0.25, 0.3) is 10.9 Å². The first-order valence-electron chi connectivity index (χ1n) is 7.17. The van der Waals surface area contributed by atoms with E-state index in [0.717, 1.165) is 28.0 Å². The minimum Gasteiger partial charge on any atom is -0.399 e. The van der Waals surface area contributed by atoms with Gasteiger partial charge in [-0.1, -0.05) is 27.7 Å². The van der Waals surface area contributed by atoms with Crippen molar-refractivity contribution in [1.82, 2.24) is 4.98 Å². The lowest BCUT2D eigenvalue weighted by molar-refractivity contribution is 0.457. The monoisotopic (exact) mass is 269 g/mol. The number of rotatable bonds is 2. The Bertz CT molecular complexity index is 672. The van der Waals surface area contributed by atoms with E-state index in [0.29, 0.717) is 16.9 Å². The van der Waals surface area contributed by atoms with Gasteiger partial charge in [-0.25, -0.2) is 0 Å². The second-order valence-electron chi connectivity index (χ2n) is 7.11. The van der Waals surface area contributed by atoms with Crippen LogP contribution in [0.2, 0.25) is 0 Å². The molecule has 1 aliphatic carbocycles. The first-order chi connectivity index (χ1) is 9.23. The fourth-order valence-corrected chi connectivity index (χ4v) is 3.21.